The van der Waals surface area contributed by atoms with Crippen LogP contribution in [0, 0.1) is 5.92 Å². The first-order valence-electron chi connectivity index (χ1n) is 6.26. The van der Waals surface area contributed by atoms with Crippen molar-refractivity contribution < 1.29 is 8.42 Å². The maximum atomic E-state index is 11.0. The lowest BCUT2D eigenvalue weighted by molar-refractivity contribution is 0.394. The Balaban J connectivity index is 3.84. The maximum Gasteiger partial charge on any atom is 0.147 e. The van der Waals surface area contributed by atoms with Crippen LogP contribution >= 0.6 is 0 Å². The molecule has 0 heterocycles. The normalized spacial score (nSPS) is 14.3. The van der Waals surface area contributed by atoms with Crippen molar-refractivity contribution in [3.8, 4) is 0 Å². The van der Waals surface area contributed by atoms with Crippen LogP contribution in [0.2, 0.25) is 0 Å². The van der Waals surface area contributed by atoms with Gasteiger partial charge in [-0.15, -0.1) is 0 Å². The molecule has 98 valence electrons. The molecule has 1 N–H and O–H groups in total. The minimum atomic E-state index is -2.79. The van der Waals surface area contributed by atoms with Gasteiger partial charge in [-0.2, -0.15) is 0 Å². The molecule has 0 fully saturated rings. The highest BCUT2D eigenvalue weighted by Gasteiger charge is 2.10. The molecule has 0 aliphatic rings. The van der Waals surface area contributed by atoms with Gasteiger partial charge in [0.05, 0.1) is 0 Å². The lowest BCUT2D eigenvalue weighted by atomic mass is 9.98. The summed E-state index contributed by atoms with van der Waals surface area (Å²) in [5, 5.41) is 3.43. The van der Waals surface area contributed by atoms with E-state index in [1.807, 2.05) is 0 Å². The molecule has 0 aromatic rings. The summed E-state index contributed by atoms with van der Waals surface area (Å²) in [6.45, 7) is 7.47. The van der Waals surface area contributed by atoms with Crippen LogP contribution < -0.4 is 5.32 Å². The van der Waals surface area contributed by atoms with E-state index < -0.39 is 9.84 Å². The van der Waals surface area contributed by atoms with Gasteiger partial charge in [-0.1, -0.05) is 27.2 Å². The molecule has 0 aliphatic carbocycles. The van der Waals surface area contributed by atoms with E-state index in [4.69, 9.17) is 0 Å². The van der Waals surface area contributed by atoms with Gasteiger partial charge in [0.25, 0.3) is 0 Å². The minimum absolute atomic E-state index is 0.328. The fourth-order valence-electron chi connectivity index (χ4n) is 1.79. The summed E-state index contributed by atoms with van der Waals surface area (Å²) in [6, 6.07) is 0.509. The lowest BCUT2D eigenvalue weighted by Crippen LogP contribution is -2.29. The molecule has 16 heavy (non-hydrogen) atoms. The van der Waals surface area contributed by atoms with E-state index in [2.05, 4.69) is 26.1 Å². The average Bonchev–Trinajstić information content (AvgIpc) is 2.12. The summed E-state index contributed by atoms with van der Waals surface area (Å²) in [5.41, 5.74) is 0. The van der Waals surface area contributed by atoms with Crippen LogP contribution in [0.25, 0.3) is 0 Å². The van der Waals surface area contributed by atoms with Crippen molar-refractivity contribution in [1.29, 1.82) is 0 Å². The molecule has 0 aromatic carbocycles. The Morgan fingerprint density at radius 2 is 1.81 bits per heavy atom. The predicted molar refractivity (Wildman–Crippen MR) is 70.5 cm³/mol. The topological polar surface area (TPSA) is 46.2 Å². The van der Waals surface area contributed by atoms with Gasteiger partial charge in [0, 0.05) is 18.1 Å². The Morgan fingerprint density at radius 1 is 1.19 bits per heavy atom. The van der Waals surface area contributed by atoms with Crippen LogP contribution in [-0.4, -0.2) is 33.0 Å². The van der Waals surface area contributed by atoms with E-state index in [1.54, 1.807) is 0 Å². The van der Waals surface area contributed by atoms with Crippen molar-refractivity contribution in [2.24, 2.45) is 5.92 Å². The summed E-state index contributed by atoms with van der Waals surface area (Å²) >= 11 is 0. The second kappa shape index (κ2) is 8.07. The van der Waals surface area contributed by atoms with Crippen LogP contribution in [0.3, 0.4) is 0 Å². The molecule has 1 atom stereocenters. The van der Waals surface area contributed by atoms with Crippen molar-refractivity contribution in [3.63, 3.8) is 0 Å². The number of sulfone groups is 1. The zero-order valence-electron chi connectivity index (χ0n) is 11.1. The Morgan fingerprint density at radius 3 is 2.25 bits per heavy atom. The molecule has 0 radical (unpaired) electrons. The minimum Gasteiger partial charge on any atom is -0.314 e. The van der Waals surface area contributed by atoms with E-state index in [-0.39, 0.29) is 0 Å². The van der Waals surface area contributed by atoms with Gasteiger partial charge in [-0.25, -0.2) is 8.42 Å². The Bertz CT molecular complexity index is 260. The average molecular weight is 249 g/mol. The zero-order chi connectivity index (χ0) is 12.6. The maximum absolute atomic E-state index is 11.0. The quantitative estimate of drug-likeness (QED) is 0.681. The van der Waals surface area contributed by atoms with Crippen molar-refractivity contribution >= 4 is 9.84 Å². The van der Waals surface area contributed by atoms with Gasteiger partial charge in [0.15, 0.2) is 0 Å². The Kier molecular flexibility index (Phi) is 8.02. The molecule has 4 heteroatoms. The third-order valence-electron chi connectivity index (χ3n) is 2.64. The van der Waals surface area contributed by atoms with E-state index >= 15 is 0 Å². The fraction of sp³-hybridized carbons (Fsp3) is 1.00. The summed E-state index contributed by atoms with van der Waals surface area (Å²) in [4.78, 5) is 0. The third kappa shape index (κ3) is 10.4. The molecule has 0 aliphatic heterocycles. The van der Waals surface area contributed by atoms with Crippen molar-refractivity contribution in [2.75, 3.05) is 18.6 Å². The van der Waals surface area contributed by atoms with Gasteiger partial charge in [-0.05, 0) is 31.7 Å². The molecule has 3 nitrogen and oxygen atoms in total. The molecular weight excluding hydrogens is 222 g/mol. The third-order valence-corrected chi connectivity index (χ3v) is 3.67. The van der Waals surface area contributed by atoms with Crippen molar-refractivity contribution in [2.45, 2.75) is 52.5 Å². The van der Waals surface area contributed by atoms with Gasteiger partial charge < -0.3 is 5.32 Å². The summed E-state index contributed by atoms with van der Waals surface area (Å²) in [6.07, 6.45) is 5.48. The second-order valence-corrected chi connectivity index (χ2v) is 7.25. The largest absolute Gasteiger partial charge is 0.314 e. The first kappa shape index (κ1) is 15.9. The van der Waals surface area contributed by atoms with E-state index in [0.717, 1.165) is 19.4 Å². The highest BCUT2D eigenvalue weighted by atomic mass is 32.2. The number of hydrogen-bond acceptors (Lipinski definition) is 3. The highest BCUT2D eigenvalue weighted by Crippen LogP contribution is 2.13. The first-order valence-corrected chi connectivity index (χ1v) is 8.32. The highest BCUT2D eigenvalue weighted by molar-refractivity contribution is 7.90. The monoisotopic (exact) mass is 249 g/mol. The van der Waals surface area contributed by atoms with Crippen LogP contribution in [0.1, 0.15) is 46.5 Å². The van der Waals surface area contributed by atoms with Gasteiger partial charge >= 0.3 is 0 Å². The van der Waals surface area contributed by atoms with Crippen molar-refractivity contribution in [3.05, 3.63) is 0 Å². The molecule has 0 spiro atoms. The number of hydrogen-bond donors (Lipinski definition) is 1. The Labute approximate surface area is 101 Å². The summed E-state index contributed by atoms with van der Waals surface area (Å²) < 4.78 is 22.0. The molecule has 0 bridgehead atoms. The second-order valence-electron chi connectivity index (χ2n) is 4.99. The van der Waals surface area contributed by atoms with Crippen molar-refractivity contribution in [1.82, 2.24) is 5.32 Å². The smallest absolute Gasteiger partial charge is 0.147 e. The van der Waals surface area contributed by atoms with Gasteiger partial charge in [0.1, 0.15) is 9.84 Å². The molecule has 0 saturated carbocycles. The van der Waals surface area contributed by atoms with Crippen LogP contribution in [0.15, 0.2) is 0 Å². The Hall–Kier alpha value is -0.0900. The standard InChI is InChI=1S/C12H27NO2S/c1-5-7-12(10-13-11(2)3)8-6-9-16(4,14)15/h11-13H,5-10H2,1-4H3. The van der Waals surface area contributed by atoms with Crippen LogP contribution in [0.5, 0.6) is 0 Å². The summed E-state index contributed by atoms with van der Waals surface area (Å²) in [5.74, 6) is 0.948. The number of nitrogens with one attached hydrogen (secondary N) is 1. The number of rotatable bonds is 9. The lowest BCUT2D eigenvalue weighted by Gasteiger charge is -2.18. The molecular formula is C12H27NO2S. The molecule has 0 saturated heterocycles. The van der Waals surface area contributed by atoms with Gasteiger partial charge in [-0.3, -0.25) is 0 Å². The molecule has 0 amide bonds. The molecule has 0 aromatic heterocycles. The predicted octanol–water partition coefficient (Wildman–Crippen LogP) is 2.23. The first-order chi connectivity index (χ1) is 7.35. The summed E-state index contributed by atoms with van der Waals surface area (Å²) in [7, 11) is -2.79. The van der Waals surface area contributed by atoms with Crippen LogP contribution in [-0.2, 0) is 9.84 Å². The SMILES string of the molecule is CCCC(CCCS(C)(=O)=O)CNC(C)C. The van der Waals surface area contributed by atoms with Crippen LogP contribution in [0.4, 0.5) is 0 Å². The zero-order valence-corrected chi connectivity index (χ0v) is 11.9. The van der Waals surface area contributed by atoms with E-state index in [1.165, 1.54) is 19.1 Å². The van der Waals surface area contributed by atoms with E-state index in [0.29, 0.717) is 17.7 Å². The fourth-order valence-corrected chi connectivity index (χ4v) is 2.48. The van der Waals surface area contributed by atoms with E-state index in [9.17, 15) is 8.42 Å². The molecule has 1 unspecified atom stereocenters. The van der Waals surface area contributed by atoms with Gasteiger partial charge in [0.2, 0.25) is 0 Å². The molecule has 0 rings (SSSR count).